The van der Waals surface area contributed by atoms with E-state index < -0.39 is 11.4 Å². The number of ether oxygens (including phenoxy) is 2. The third kappa shape index (κ3) is 5.35. The fourth-order valence-corrected chi connectivity index (χ4v) is 6.65. The maximum absolute atomic E-state index is 15.6. The number of benzene rings is 2. The lowest BCUT2D eigenvalue weighted by atomic mass is 9.75. The first-order valence-electron chi connectivity index (χ1n) is 15.4. The SMILES string of the molecule is CC(C)(/C=C(\C#N)C(=O)N1CCC[C@H](n2nc(-c3ccc(Oc4ccccc4)cc3F)c3c(N)ncnc32)C1)N1CC2(COC2)C1. The first kappa shape index (κ1) is 29.8. The number of hydrogen-bond donors (Lipinski definition) is 1. The number of hydrogen-bond acceptors (Lipinski definition) is 9. The van der Waals surface area contributed by atoms with Gasteiger partial charge in [-0.2, -0.15) is 10.4 Å². The van der Waals surface area contributed by atoms with Crippen molar-refractivity contribution in [1.82, 2.24) is 29.5 Å². The van der Waals surface area contributed by atoms with Crippen molar-refractivity contribution in [3.8, 4) is 28.8 Å². The normalized spacial score (nSPS) is 19.8. The molecule has 5 heterocycles. The Balaban J connectivity index is 1.14. The molecule has 0 bridgehead atoms. The first-order chi connectivity index (χ1) is 22.2. The highest BCUT2D eigenvalue weighted by Gasteiger charge is 2.52. The van der Waals surface area contributed by atoms with Gasteiger partial charge in [-0.1, -0.05) is 18.2 Å². The molecule has 2 aromatic carbocycles. The molecule has 0 aliphatic carbocycles. The van der Waals surface area contributed by atoms with Crippen LogP contribution in [0.15, 0.2) is 66.5 Å². The number of para-hydroxylation sites is 1. The minimum Gasteiger partial charge on any atom is -0.457 e. The van der Waals surface area contributed by atoms with E-state index in [4.69, 9.17) is 20.3 Å². The molecule has 2 N–H and O–H groups in total. The zero-order chi connectivity index (χ0) is 32.1. The Kier molecular flexibility index (Phi) is 7.45. The molecule has 0 saturated carbocycles. The van der Waals surface area contributed by atoms with Crippen molar-refractivity contribution in [3.05, 3.63) is 72.3 Å². The molecular weight excluding hydrogens is 587 g/mol. The Morgan fingerprint density at radius 2 is 1.96 bits per heavy atom. The molecule has 2 aromatic heterocycles. The average Bonchev–Trinajstić information content (AvgIpc) is 3.39. The summed E-state index contributed by atoms with van der Waals surface area (Å²) in [5.41, 5.74) is 7.19. The van der Waals surface area contributed by atoms with E-state index in [9.17, 15) is 10.1 Å². The number of fused-ring (bicyclic) bond motifs is 1. The number of nitrogens with zero attached hydrogens (tertiary/aromatic N) is 7. The summed E-state index contributed by atoms with van der Waals surface area (Å²) in [6.07, 6.45) is 4.55. The van der Waals surface area contributed by atoms with E-state index in [0.29, 0.717) is 54.2 Å². The topological polar surface area (TPSA) is 135 Å². The first-order valence-corrected chi connectivity index (χ1v) is 15.4. The van der Waals surface area contributed by atoms with Crippen molar-refractivity contribution in [3.63, 3.8) is 0 Å². The van der Waals surface area contributed by atoms with Gasteiger partial charge in [0, 0.05) is 48.8 Å². The number of amides is 1. The molecule has 3 aliphatic heterocycles. The molecule has 0 radical (unpaired) electrons. The van der Waals surface area contributed by atoms with Gasteiger partial charge in [-0.3, -0.25) is 9.69 Å². The predicted molar refractivity (Wildman–Crippen MR) is 169 cm³/mol. The molecule has 3 saturated heterocycles. The van der Waals surface area contributed by atoms with Crippen molar-refractivity contribution >= 4 is 22.8 Å². The van der Waals surface area contributed by atoms with E-state index in [2.05, 4.69) is 20.9 Å². The second kappa shape index (κ2) is 11.5. The Morgan fingerprint density at radius 1 is 1.17 bits per heavy atom. The van der Waals surface area contributed by atoms with Crippen molar-refractivity contribution in [2.45, 2.75) is 38.3 Å². The molecule has 1 atom stereocenters. The number of carbonyl (C=O) groups is 1. The quantitative estimate of drug-likeness (QED) is 0.229. The van der Waals surface area contributed by atoms with Crippen LogP contribution < -0.4 is 10.5 Å². The zero-order valence-corrected chi connectivity index (χ0v) is 25.8. The van der Waals surface area contributed by atoms with Crippen LogP contribution in [0.25, 0.3) is 22.3 Å². The van der Waals surface area contributed by atoms with Gasteiger partial charge < -0.3 is 20.1 Å². The van der Waals surface area contributed by atoms with Crippen molar-refractivity contribution < 1.29 is 18.7 Å². The number of nitriles is 1. The van der Waals surface area contributed by atoms with Gasteiger partial charge in [-0.05, 0) is 57.0 Å². The number of aromatic nitrogens is 4. The van der Waals surface area contributed by atoms with Gasteiger partial charge in [0.1, 0.15) is 46.8 Å². The van der Waals surface area contributed by atoms with E-state index in [1.54, 1.807) is 39.9 Å². The maximum atomic E-state index is 15.6. The van der Waals surface area contributed by atoms with E-state index >= 15 is 4.39 Å². The highest BCUT2D eigenvalue weighted by atomic mass is 19.1. The molecule has 7 rings (SSSR count). The van der Waals surface area contributed by atoms with E-state index in [0.717, 1.165) is 26.3 Å². The lowest BCUT2D eigenvalue weighted by Crippen LogP contribution is -2.70. The standard InChI is InChI=1S/C34H35FN8O3/c1-33(2,42-17-34(18-42)19-45-20-34)14-22(15-36)32(44)41-12-6-7-23(16-41)43-31-28(30(37)38-21-39-31)29(40-43)26-11-10-25(13-27(26)35)46-24-8-4-3-5-9-24/h3-5,8-11,13-14,21,23H,6-7,12,16-20H2,1-2H3,(H2,37,38,39)/b22-14+/t23-/m0/s1. The number of likely N-dealkylation sites (tertiary alicyclic amines) is 2. The third-order valence-corrected chi connectivity index (χ3v) is 9.25. The van der Waals surface area contributed by atoms with Gasteiger partial charge in [0.2, 0.25) is 0 Å². The highest BCUT2D eigenvalue weighted by molar-refractivity contribution is 5.99. The van der Waals surface area contributed by atoms with Crippen molar-refractivity contribution in [2.24, 2.45) is 5.41 Å². The number of rotatable bonds is 7. The van der Waals surface area contributed by atoms with Gasteiger partial charge in [-0.15, -0.1) is 0 Å². The monoisotopic (exact) mass is 622 g/mol. The van der Waals surface area contributed by atoms with E-state index in [-0.39, 0.29) is 34.3 Å². The summed E-state index contributed by atoms with van der Waals surface area (Å²) in [5, 5.41) is 15.3. The molecule has 12 heteroatoms. The lowest BCUT2D eigenvalue weighted by molar-refractivity contribution is -0.204. The fraction of sp³-hybridized carbons (Fsp3) is 0.382. The Bertz CT molecular complexity index is 1870. The Hall–Kier alpha value is -4.86. The molecule has 11 nitrogen and oxygen atoms in total. The highest BCUT2D eigenvalue weighted by Crippen LogP contribution is 2.42. The fourth-order valence-electron chi connectivity index (χ4n) is 6.65. The van der Waals surface area contributed by atoms with Crippen molar-refractivity contribution in [1.29, 1.82) is 5.26 Å². The van der Waals surface area contributed by atoms with Crippen LogP contribution in [0.4, 0.5) is 10.2 Å². The second-order valence-corrected chi connectivity index (χ2v) is 13.0. The number of nitrogens with two attached hydrogens (primary N) is 1. The molecule has 1 amide bonds. The maximum Gasteiger partial charge on any atom is 0.264 e. The summed E-state index contributed by atoms with van der Waals surface area (Å²) in [7, 11) is 0. The molecule has 46 heavy (non-hydrogen) atoms. The van der Waals surface area contributed by atoms with Gasteiger partial charge in [0.15, 0.2) is 5.65 Å². The number of anilines is 1. The summed E-state index contributed by atoms with van der Waals surface area (Å²) >= 11 is 0. The van der Waals surface area contributed by atoms with E-state index in [1.165, 1.54) is 12.4 Å². The van der Waals surface area contributed by atoms with Crippen molar-refractivity contribution in [2.75, 3.05) is 45.1 Å². The Labute approximate surface area is 266 Å². The summed E-state index contributed by atoms with van der Waals surface area (Å²) in [4.78, 5) is 26.3. The van der Waals surface area contributed by atoms with Gasteiger partial charge in [-0.25, -0.2) is 19.0 Å². The van der Waals surface area contributed by atoms with Crippen LogP contribution in [0.5, 0.6) is 11.5 Å². The third-order valence-electron chi connectivity index (χ3n) is 9.25. The van der Waals surface area contributed by atoms with Crippen LogP contribution in [0, 0.1) is 22.6 Å². The van der Waals surface area contributed by atoms with Gasteiger partial charge in [0.25, 0.3) is 5.91 Å². The molecule has 236 valence electrons. The zero-order valence-electron chi connectivity index (χ0n) is 25.8. The Morgan fingerprint density at radius 3 is 2.65 bits per heavy atom. The van der Waals surface area contributed by atoms with Crippen LogP contribution in [0.2, 0.25) is 0 Å². The largest absolute Gasteiger partial charge is 0.457 e. The molecular formula is C34H35FN8O3. The van der Waals surface area contributed by atoms with Crippen LogP contribution in [0.1, 0.15) is 32.7 Å². The van der Waals surface area contributed by atoms with Crippen LogP contribution in [0.3, 0.4) is 0 Å². The minimum atomic E-state index is -0.534. The predicted octanol–water partition coefficient (Wildman–Crippen LogP) is 4.73. The van der Waals surface area contributed by atoms with Crippen LogP contribution >= 0.6 is 0 Å². The summed E-state index contributed by atoms with van der Waals surface area (Å²) in [6, 6.07) is 15.6. The summed E-state index contributed by atoms with van der Waals surface area (Å²) < 4.78 is 28.5. The lowest BCUT2D eigenvalue weighted by Gasteiger charge is -2.59. The van der Waals surface area contributed by atoms with Crippen LogP contribution in [-0.4, -0.2) is 80.4 Å². The molecule has 0 unspecified atom stereocenters. The van der Waals surface area contributed by atoms with Crippen LogP contribution in [-0.2, 0) is 9.53 Å². The summed E-state index contributed by atoms with van der Waals surface area (Å²) in [6.45, 7) is 8.20. The number of carbonyl (C=O) groups excluding carboxylic acids is 1. The minimum absolute atomic E-state index is 0.119. The average molecular weight is 623 g/mol. The molecule has 3 aliphatic rings. The molecule has 1 spiro atoms. The van der Waals surface area contributed by atoms with E-state index in [1.807, 2.05) is 32.0 Å². The van der Waals surface area contributed by atoms with Gasteiger partial charge in [0.05, 0.1) is 24.6 Å². The molecule has 3 fully saturated rings. The number of halogens is 1. The molecule has 4 aromatic rings. The summed E-state index contributed by atoms with van der Waals surface area (Å²) in [5.74, 6) is 0.268. The van der Waals surface area contributed by atoms with Gasteiger partial charge >= 0.3 is 0 Å². The smallest absolute Gasteiger partial charge is 0.264 e. The number of piperidine rings is 1. The second-order valence-electron chi connectivity index (χ2n) is 13.0. The number of nitrogen functional groups attached to an aromatic ring is 1.